The summed E-state index contributed by atoms with van der Waals surface area (Å²) in [6.45, 7) is 2.34. The molecule has 0 spiro atoms. The molecule has 2 rings (SSSR count). The van der Waals surface area contributed by atoms with E-state index in [9.17, 15) is 9.18 Å². The monoisotopic (exact) mass is 307 g/mol. The lowest BCUT2D eigenvalue weighted by molar-refractivity contribution is 0.0602. The molecule has 0 aliphatic carbocycles. The predicted molar refractivity (Wildman–Crippen MR) is 81.3 cm³/mol. The molecule has 0 radical (unpaired) electrons. The number of aryl methyl sites for hydroxylation is 1. The number of hydrogen-bond acceptors (Lipinski definition) is 3. The predicted octanol–water partition coefficient (Wildman–Crippen LogP) is 4.19. The molecule has 0 fully saturated rings. The summed E-state index contributed by atoms with van der Waals surface area (Å²) in [7, 11) is 1.29. The van der Waals surface area contributed by atoms with Gasteiger partial charge in [0.2, 0.25) is 0 Å². The van der Waals surface area contributed by atoms with Crippen molar-refractivity contribution >= 4 is 23.3 Å². The van der Waals surface area contributed by atoms with Gasteiger partial charge in [0.25, 0.3) is 0 Å². The minimum Gasteiger partial charge on any atom is -0.465 e. The van der Waals surface area contributed by atoms with E-state index in [0.717, 1.165) is 11.1 Å². The Bertz CT molecular complexity index is 673. The molecular weight excluding hydrogens is 293 g/mol. The van der Waals surface area contributed by atoms with Gasteiger partial charge in [0.15, 0.2) is 0 Å². The largest absolute Gasteiger partial charge is 0.465 e. The van der Waals surface area contributed by atoms with Crippen LogP contribution in [0.5, 0.6) is 0 Å². The fraction of sp³-hybridized carbons (Fsp3) is 0.188. The highest BCUT2D eigenvalue weighted by Crippen LogP contribution is 2.21. The Morgan fingerprint density at radius 3 is 2.71 bits per heavy atom. The van der Waals surface area contributed by atoms with E-state index in [2.05, 4.69) is 10.1 Å². The number of carbonyl (C=O) groups excluding carboxylic acids is 1. The maximum atomic E-state index is 13.3. The lowest BCUT2D eigenvalue weighted by Gasteiger charge is -2.11. The number of carbonyl (C=O) groups is 1. The molecule has 0 aliphatic heterocycles. The molecule has 21 heavy (non-hydrogen) atoms. The Morgan fingerprint density at radius 1 is 1.29 bits per heavy atom. The molecule has 0 atom stereocenters. The van der Waals surface area contributed by atoms with Crippen LogP contribution in [0.25, 0.3) is 0 Å². The highest BCUT2D eigenvalue weighted by molar-refractivity contribution is 6.31. The Morgan fingerprint density at radius 2 is 2.05 bits per heavy atom. The molecule has 1 N–H and O–H groups in total. The summed E-state index contributed by atoms with van der Waals surface area (Å²) in [6, 6.07) is 9.55. The number of esters is 1. The van der Waals surface area contributed by atoms with E-state index in [1.54, 1.807) is 0 Å². The van der Waals surface area contributed by atoms with Gasteiger partial charge in [-0.15, -0.1) is 0 Å². The van der Waals surface area contributed by atoms with E-state index in [-0.39, 0.29) is 5.56 Å². The second kappa shape index (κ2) is 6.59. The van der Waals surface area contributed by atoms with E-state index in [4.69, 9.17) is 11.6 Å². The highest BCUT2D eigenvalue weighted by Gasteiger charge is 2.12. The topological polar surface area (TPSA) is 38.3 Å². The van der Waals surface area contributed by atoms with Gasteiger partial charge in [-0.2, -0.15) is 0 Å². The standard InChI is InChI=1S/C16H15ClFNO2/c1-10-3-4-11(7-14(10)17)9-19-15-8-12(18)5-6-13(15)16(20)21-2/h3-8,19H,9H2,1-2H3. The van der Waals surface area contributed by atoms with Gasteiger partial charge in [-0.25, -0.2) is 9.18 Å². The maximum Gasteiger partial charge on any atom is 0.339 e. The van der Waals surface area contributed by atoms with Crippen LogP contribution in [-0.4, -0.2) is 13.1 Å². The zero-order chi connectivity index (χ0) is 15.4. The second-order valence-corrected chi connectivity index (χ2v) is 5.03. The van der Waals surface area contributed by atoms with Crippen LogP contribution in [0, 0.1) is 12.7 Å². The van der Waals surface area contributed by atoms with Crippen molar-refractivity contribution in [1.29, 1.82) is 0 Å². The Balaban J connectivity index is 2.20. The van der Waals surface area contributed by atoms with Gasteiger partial charge in [0.1, 0.15) is 5.82 Å². The first-order valence-electron chi connectivity index (χ1n) is 6.38. The van der Waals surface area contributed by atoms with Crippen molar-refractivity contribution in [3.63, 3.8) is 0 Å². The van der Waals surface area contributed by atoms with E-state index >= 15 is 0 Å². The van der Waals surface area contributed by atoms with Crippen molar-refractivity contribution < 1.29 is 13.9 Å². The van der Waals surface area contributed by atoms with Gasteiger partial charge in [0.05, 0.1) is 18.4 Å². The molecule has 0 aromatic heterocycles. The van der Waals surface area contributed by atoms with Gasteiger partial charge in [-0.05, 0) is 42.3 Å². The Kier molecular flexibility index (Phi) is 4.81. The minimum absolute atomic E-state index is 0.289. The molecule has 3 nitrogen and oxygen atoms in total. The van der Waals surface area contributed by atoms with E-state index < -0.39 is 11.8 Å². The molecule has 0 heterocycles. The fourth-order valence-electron chi connectivity index (χ4n) is 1.89. The van der Waals surface area contributed by atoms with Crippen LogP contribution >= 0.6 is 11.6 Å². The van der Waals surface area contributed by atoms with Gasteiger partial charge in [0, 0.05) is 11.6 Å². The molecule has 2 aromatic carbocycles. The lowest BCUT2D eigenvalue weighted by Crippen LogP contribution is -2.08. The molecule has 0 amide bonds. The Hall–Kier alpha value is -2.07. The summed E-state index contributed by atoms with van der Waals surface area (Å²) in [5.74, 6) is -0.938. The van der Waals surface area contributed by atoms with Gasteiger partial charge in [-0.3, -0.25) is 0 Å². The first-order chi connectivity index (χ1) is 10.0. The van der Waals surface area contributed by atoms with Crippen molar-refractivity contribution in [2.75, 3.05) is 12.4 Å². The Labute approximate surface area is 127 Å². The van der Waals surface area contributed by atoms with E-state index in [0.29, 0.717) is 17.3 Å². The van der Waals surface area contributed by atoms with Crippen molar-refractivity contribution in [2.45, 2.75) is 13.5 Å². The van der Waals surface area contributed by atoms with Crippen molar-refractivity contribution in [1.82, 2.24) is 0 Å². The van der Waals surface area contributed by atoms with Crippen molar-refractivity contribution in [3.8, 4) is 0 Å². The second-order valence-electron chi connectivity index (χ2n) is 4.62. The number of hydrogen-bond donors (Lipinski definition) is 1. The molecule has 0 bridgehead atoms. The SMILES string of the molecule is COC(=O)c1ccc(F)cc1NCc1ccc(C)c(Cl)c1. The summed E-state index contributed by atoms with van der Waals surface area (Å²) in [4.78, 5) is 11.6. The first-order valence-corrected chi connectivity index (χ1v) is 6.76. The number of nitrogens with one attached hydrogen (secondary N) is 1. The number of methoxy groups -OCH3 is 1. The highest BCUT2D eigenvalue weighted by atomic mass is 35.5. The smallest absolute Gasteiger partial charge is 0.339 e. The van der Waals surface area contributed by atoms with Gasteiger partial charge < -0.3 is 10.1 Å². The van der Waals surface area contributed by atoms with Crippen LogP contribution in [-0.2, 0) is 11.3 Å². The molecule has 0 aliphatic rings. The minimum atomic E-state index is -0.514. The van der Waals surface area contributed by atoms with E-state index in [1.165, 1.54) is 25.3 Å². The third-order valence-corrected chi connectivity index (χ3v) is 3.51. The molecule has 0 saturated heterocycles. The van der Waals surface area contributed by atoms with E-state index in [1.807, 2.05) is 25.1 Å². The zero-order valence-electron chi connectivity index (χ0n) is 11.7. The fourth-order valence-corrected chi connectivity index (χ4v) is 2.10. The molecule has 110 valence electrons. The van der Waals surface area contributed by atoms with Crippen LogP contribution < -0.4 is 5.32 Å². The molecular formula is C16H15ClFNO2. The summed E-state index contributed by atoms with van der Waals surface area (Å²) in [5, 5.41) is 3.70. The third-order valence-electron chi connectivity index (χ3n) is 3.11. The van der Waals surface area contributed by atoms with Crippen molar-refractivity contribution in [3.05, 3.63) is 63.9 Å². The van der Waals surface area contributed by atoms with Crippen LogP contribution in [0.4, 0.5) is 10.1 Å². The summed E-state index contributed by atoms with van der Waals surface area (Å²) >= 11 is 6.06. The van der Waals surface area contributed by atoms with Crippen LogP contribution in [0.2, 0.25) is 5.02 Å². The van der Waals surface area contributed by atoms with Gasteiger partial charge in [-0.1, -0.05) is 23.7 Å². The normalized spacial score (nSPS) is 10.3. The summed E-state index contributed by atoms with van der Waals surface area (Å²) in [6.07, 6.45) is 0. The summed E-state index contributed by atoms with van der Waals surface area (Å²) in [5.41, 5.74) is 2.60. The average molecular weight is 308 g/mol. The zero-order valence-corrected chi connectivity index (χ0v) is 12.5. The first kappa shape index (κ1) is 15.3. The lowest BCUT2D eigenvalue weighted by atomic mass is 10.1. The quantitative estimate of drug-likeness (QED) is 0.861. The number of ether oxygens (including phenoxy) is 1. The number of benzene rings is 2. The van der Waals surface area contributed by atoms with Crippen LogP contribution in [0.3, 0.4) is 0 Å². The number of rotatable bonds is 4. The molecule has 0 unspecified atom stereocenters. The number of anilines is 1. The molecule has 2 aromatic rings. The average Bonchev–Trinajstić information content (AvgIpc) is 2.48. The van der Waals surface area contributed by atoms with Gasteiger partial charge >= 0.3 is 5.97 Å². The maximum absolute atomic E-state index is 13.3. The molecule has 0 saturated carbocycles. The van der Waals surface area contributed by atoms with Crippen LogP contribution in [0.15, 0.2) is 36.4 Å². The number of halogens is 2. The van der Waals surface area contributed by atoms with Crippen LogP contribution in [0.1, 0.15) is 21.5 Å². The van der Waals surface area contributed by atoms with Crippen molar-refractivity contribution in [2.24, 2.45) is 0 Å². The third kappa shape index (κ3) is 3.73. The molecule has 5 heteroatoms. The summed E-state index contributed by atoms with van der Waals surface area (Å²) < 4.78 is 18.0.